The molecule has 1 atom stereocenters. The van der Waals surface area contributed by atoms with Crippen molar-refractivity contribution >= 4 is 38.3 Å². The second kappa shape index (κ2) is 7.79. The maximum Gasteiger partial charge on any atom is 0.252 e. The molecule has 3 aromatic rings. The van der Waals surface area contributed by atoms with Crippen LogP contribution in [0.4, 0.5) is 0 Å². The molecular weight excluding hydrogens is 384 g/mol. The second-order valence-electron chi connectivity index (χ2n) is 6.62. The van der Waals surface area contributed by atoms with E-state index >= 15 is 0 Å². The Kier molecular flexibility index (Phi) is 5.64. The Bertz CT molecular complexity index is 993. The molecule has 0 fully saturated rings. The lowest BCUT2D eigenvalue weighted by Crippen LogP contribution is -2.41. The molecular formula is C18H22N4O3S2. The van der Waals surface area contributed by atoms with E-state index in [0.29, 0.717) is 5.82 Å². The van der Waals surface area contributed by atoms with Crippen molar-refractivity contribution in [3.05, 3.63) is 47.6 Å². The van der Waals surface area contributed by atoms with E-state index < -0.39 is 10.0 Å². The summed E-state index contributed by atoms with van der Waals surface area (Å²) in [5.74, 6) is 0.355. The van der Waals surface area contributed by atoms with Crippen LogP contribution >= 0.6 is 11.3 Å². The van der Waals surface area contributed by atoms with Crippen LogP contribution in [0.15, 0.2) is 46.0 Å². The highest BCUT2D eigenvalue weighted by Crippen LogP contribution is 2.23. The van der Waals surface area contributed by atoms with E-state index in [9.17, 15) is 13.2 Å². The zero-order valence-corrected chi connectivity index (χ0v) is 17.0. The molecule has 2 aromatic heterocycles. The lowest BCUT2D eigenvalue weighted by molar-refractivity contribution is -0.122. The molecule has 0 saturated heterocycles. The normalized spacial score (nSPS) is 13.4. The molecule has 0 aliphatic carbocycles. The van der Waals surface area contributed by atoms with E-state index in [0.717, 1.165) is 26.7 Å². The standard InChI is InChI=1S/C18H22N4O3S2/c1-12(2)17(18-19-13-7-4-5-8-14(13)20-18)21-15(23)11-22(3)27(24,25)16-9-6-10-26-16/h4-10,12,17H,11H2,1-3H3,(H,19,20)(H,21,23). The number of fused-ring (bicyclic) bond motifs is 1. The second-order valence-corrected chi connectivity index (χ2v) is 9.84. The van der Waals surface area contributed by atoms with E-state index in [2.05, 4.69) is 15.3 Å². The topological polar surface area (TPSA) is 95.2 Å². The van der Waals surface area contributed by atoms with Gasteiger partial charge in [-0.25, -0.2) is 13.4 Å². The molecule has 0 radical (unpaired) electrons. The van der Waals surface area contributed by atoms with Crippen molar-refractivity contribution in [2.45, 2.75) is 24.1 Å². The van der Waals surface area contributed by atoms with Gasteiger partial charge in [0.05, 0.1) is 23.6 Å². The molecule has 1 unspecified atom stereocenters. The van der Waals surface area contributed by atoms with Crippen LogP contribution in [0, 0.1) is 5.92 Å². The van der Waals surface area contributed by atoms with Crippen LogP contribution in [-0.4, -0.2) is 42.2 Å². The summed E-state index contributed by atoms with van der Waals surface area (Å²) in [5.41, 5.74) is 1.72. The molecule has 0 bridgehead atoms. The summed E-state index contributed by atoms with van der Waals surface area (Å²) in [6.07, 6.45) is 0. The Morgan fingerprint density at radius 1 is 1.26 bits per heavy atom. The molecule has 0 aliphatic heterocycles. The number of aromatic nitrogens is 2. The lowest BCUT2D eigenvalue weighted by Gasteiger charge is -2.22. The third-order valence-corrected chi connectivity index (χ3v) is 7.39. The highest BCUT2D eigenvalue weighted by Gasteiger charge is 2.27. The van der Waals surface area contributed by atoms with Crippen LogP contribution in [-0.2, 0) is 14.8 Å². The SMILES string of the molecule is CC(C)C(NC(=O)CN(C)S(=O)(=O)c1cccs1)c1nc2ccccc2[nH]1. The van der Waals surface area contributed by atoms with E-state index in [-0.39, 0.29) is 28.6 Å². The number of thiophene rings is 1. The van der Waals surface area contributed by atoms with E-state index in [1.807, 2.05) is 38.1 Å². The van der Waals surface area contributed by atoms with E-state index in [4.69, 9.17) is 0 Å². The summed E-state index contributed by atoms with van der Waals surface area (Å²) in [5, 5.41) is 4.60. The van der Waals surface area contributed by atoms with Crippen molar-refractivity contribution in [2.75, 3.05) is 13.6 Å². The van der Waals surface area contributed by atoms with Gasteiger partial charge in [0, 0.05) is 7.05 Å². The molecule has 0 spiro atoms. The van der Waals surface area contributed by atoms with Crippen LogP contribution in [0.1, 0.15) is 25.7 Å². The zero-order valence-electron chi connectivity index (χ0n) is 15.3. The summed E-state index contributed by atoms with van der Waals surface area (Å²) < 4.78 is 26.2. The Hall–Kier alpha value is -2.23. The predicted molar refractivity (Wildman–Crippen MR) is 106 cm³/mol. The molecule has 144 valence electrons. The monoisotopic (exact) mass is 406 g/mol. The maximum atomic E-state index is 12.5. The minimum atomic E-state index is -3.66. The number of nitrogens with one attached hydrogen (secondary N) is 2. The Labute approximate surface area is 162 Å². The fraction of sp³-hybridized carbons (Fsp3) is 0.333. The number of amides is 1. The Morgan fingerprint density at radius 3 is 2.63 bits per heavy atom. The van der Waals surface area contributed by atoms with E-state index in [1.165, 1.54) is 13.1 Å². The number of nitrogens with zero attached hydrogens (tertiary/aromatic N) is 2. The number of likely N-dealkylation sites (N-methyl/N-ethyl adjacent to an activating group) is 1. The van der Waals surface area contributed by atoms with Crippen LogP contribution in [0.5, 0.6) is 0 Å². The van der Waals surface area contributed by atoms with Crippen molar-refractivity contribution in [3.63, 3.8) is 0 Å². The summed E-state index contributed by atoms with van der Waals surface area (Å²) in [6, 6.07) is 10.5. The van der Waals surface area contributed by atoms with Gasteiger partial charge in [0.1, 0.15) is 10.0 Å². The molecule has 27 heavy (non-hydrogen) atoms. The zero-order chi connectivity index (χ0) is 19.6. The number of imidazole rings is 1. The number of rotatable bonds is 7. The van der Waals surface area contributed by atoms with Gasteiger partial charge in [-0.1, -0.05) is 32.0 Å². The molecule has 3 rings (SSSR count). The van der Waals surface area contributed by atoms with Gasteiger partial charge >= 0.3 is 0 Å². The maximum absolute atomic E-state index is 12.5. The van der Waals surface area contributed by atoms with Gasteiger partial charge in [-0.05, 0) is 29.5 Å². The summed E-state index contributed by atoms with van der Waals surface area (Å²) >= 11 is 1.13. The first-order valence-electron chi connectivity index (χ1n) is 8.53. The van der Waals surface area contributed by atoms with Gasteiger partial charge in [-0.15, -0.1) is 11.3 Å². The van der Waals surface area contributed by atoms with Crippen molar-refractivity contribution in [3.8, 4) is 0 Å². The number of hydrogen-bond donors (Lipinski definition) is 2. The minimum Gasteiger partial charge on any atom is -0.345 e. The number of sulfonamides is 1. The molecule has 1 aromatic carbocycles. The van der Waals surface area contributed by atoms with Crippen LogP contribution < -0.4 is 5.32 Å². The highest BCUT2D eigenvalue weighted by molar-refractivity contribution is 7.91. The Balaban J connectivity index is 1.74. The van der Waals surface area contributed by atoms with Gasteiger partial charge in [-0.2, -0.15) is 4.31 Å². The average molecular weight is 407 g/mol. The highest BCUT2D eigenvalue weighted by atomic mass is 32.2. The molecule has 7 nitrogen and oxygen atoms in total. The molecule has 9 heteroatoms. The number of carbonyl (C=O) groups excluding carboxylic acids is 1. The van der Waals surface area contributed by atoms with Gasteiger partial charge in [0.2, 0.25) is 5.91 Å². The number of H-pyrrole nitrogens is 1. The third kappa shape index (κ3) is 4.20. The molecule has 2 heterocycles. The predicted octanol–water partition coefficient (Wildman–Crippen LogP) is 2.76. The quantitative estimate of drug-likeness (QED) is 0.631. The average Bonchev–Trinajstić information content (AvgIpc) is 3.28. The van der Waals surface area contributed by atoms with Crippen LogP contribution in [0.3, 0.4) is 0 Å². The summed E-state index contributed by atoms with van der Waals surface area (Å²) in [4.78, 5) is 20.3. The third-order valence-electron chi connectivity index (χ3n) is 4.21. The molecule has 0 saturated carbocycles. The Morgan fingerprint density at radius 2 is 2.00 bits per heavy atom. The fourth-order valence-corrected chi connectivity index (χ4v) is 5.07. The minimum absolute atomic E-state index is 0.0775. The number of carbonyl (C=O) groups is 1. The van der Waals surface area contributed by atoms with Crippen LogP contribution in [0.25, 0.3) is 11.0 Å². The summed E-state index contributed by atoms with van der Waals surface area (Å²) in [7, 11) is -2.26. The van der Waals surface area contributed by atoms with Gasteiger partial charge in [0.25, 0.3) is 10.0 Å². The molecule has 0 aliphatic rings. The van der Waals surface area contributed by atoms with Crippen molar-refractivity contribution in [1.82, 2.24) is 19.6 Å². The number of hydrogen-bond acceptors (Lipinski definition) is 5. The largest absolute Gasteiger partial charge is 0.345 e. The number of benzene rings is 1. The van der Waals surface area contributed by atoms with E-state index in [1.54, 1.807) is 11.4 Å². The number of aromatic amines is 1. The first-order valence-corrected chi connectivity index (χ1v) is 10.8. The fourth-order valence-electron chi connectivity index (χ4n) is 2.74. The lowest BCUT2D eigenvalue weighted by atomic mass is 10.0. The molecule has 2 N–H and O–H groups in total. The van der Waals surface area contributed by atoms with Gasteiger partial charge in [-0.3, -0.25) is 4.79 Å². The van der Waals surface area contributed by atoms with Crippen LogP contribution in [0.2, 0.25) is 0 Å². The first-order chi connectivity index (χ1) is 12.8. The smallest absolute Gasteiger partial charge is 0.252 e. The van der Waals surface area contributed by atoms with Gasteiger partial charge in [0.15, 0.2) is 0 Å². The number of para-hydroxylation sites is 2. The van der Waals surface area contributed by atoms with Crippen molar-refractivity contribution < 1.29 is 13.2 Å². The van der Waals surface area contributed by atoms with Crippen molar-refractivity contribution in [2.24, 2.45) is 5.92 Å². The molecule has 1 amide bonds. The summed E-state index contributed by atoms with van der Waals surface area (Å²) in [6.45, 7) is 3.69. The van der Waals surface area contributed by atoms with Crippen molar-refractivity contribution in [1.29, 1.82) is 0 Å². The van der Waals surface area contributed by atoms with Gasteiger partial charge < -0.3 is 10.3 Å². The first kappa shape index (κ1) is 19.5.